The van der Waals surface area contributed by atoms with Crippen molar-refractivity contribution in [1.29, 1.82) is 0 Å². The highest BCUT2D eigenvalue weighted by molar-refractivity contribution is 5.99. The molecule has 1 aliphatic heterocycles. The fourth-order valence-electron chi connectivity index (χ4n) is 3.38. The Bertz CT molecular complexity index is 1030. The molecule has 0 radical (unpaired) electrons. The van der Waals surface area contributed by atoms with Gasteiger partial charge in [0.1, 0.15) is 17.8 Å². The van der Waals surface area contributed by atoms with Gasteiger partial charge in [-0.1, -0.05) is 6.58 Å². The van der Waals surface area contributed by atoms with Gasteiger partial charge in [0, 0.05) is 24.9 Å². The third-order valence-corrected chi connectivity index (χ3v) is 5.40. The molecule has 3 rings (SSSR count). The fraction of sp³-hybridized carbons (Fsp3) is 0.417. The van der Waals surface area contributed by atoms with Gasteiger partial charge in [-0.05, 0) is 51.6 Å². The van der Waals surface area contributed by atoms with Crippen molar-refractivity contribution in [3.8, 4) is 0 Å². The molecule has 9 nitrogen and oxygen atoms in total. The lowest BCUT2D eigenvalue weighted by molar-refractivity contribution is -0.00177. The molecule has 2 aromatic heterocycles. The van der Waals surface area contributed by atoms with Crippen LogP contribution in [0, 0.1) is 0 Å². The molecule has 4 N–H and O–H groups in total. The van der Waals surface area contributed by atoms with Crippen molar-refractivity contribution in [3.63, 3.8) is 0 Å². The minimum Gasteiger partial charge on any atom is -0.387 e. The summed E-state index contributed by atoms with van der Waals surface area (Å²) >= 11 is 0. The summed E-state index contributed by atoms with van der Waals surface area (Å²) in [5.41, 5.74) is 0.398. The molecule has 0 bridgehead atoms. The maximum Gasteiger partial charge on any atom is 0.255 e. The second-order valence-corrected chi connectivity index (χ2v) is 8.59. The van der Waals surface area contributed by atoms with E-state index in [4.69, 9.17) is 4.74 Å². The standard InChI is InChI=1S/C24H31FN6O3/c1-5-17-18(26-4)8-9-21(30-17)31-22-11-19(29-15-7-6-10-34-14-15)16(12-27-22)23(32)28-13-20(25)24(2,3)33/h5,8-9,11-12,15,20,33H,1,4,6-7,10,13-14H2,2-3H3,(H,28,32)(H2,27,29,30,31). The number of nitrogens with zero attached hydrogens (tertiary/aromatic N) is 3. The van der Waals surface area contributed by atoms with E-state index in [9.17, 15) is 14.3 Å². The number of aromatic nitrogens is 2. The molecule has 1 fully saturated rings. The summed E-state index contributed by atoms with van der Waals surface area (Å²) in [5, 5.41) is 18.8. The molecule has 0 saturated carbocycles. The number of aliphatic hydroxyl groups is 1. The Morgan fingerprint density at radius 3 is 2.88 bits per heavy atom. The first-order valence-electron chi connectivity index (χ1n) is 11.1. The molecule has 182 valence electrons. The molecule has 0 spiro atoms. The lowest BCUT2D eigenvalue weighted by atomic mass is 10.0. The summed E-state index contributed by atoms with van der Waals surface area (Å²) in [6.45, 7) is 10.9. The van der Waals surface area contributed by atoms with Gasteiger partial charge in [-0.2, -0.15) is 0 Å². The maximum absolute atomic E-state index is 14.1. The number of amides is 1. The number of carbonyl (C=O) groups is 1. The van der Waals surface area contributed by atoms with Gasteiger partial charge < -0.3 is 25.8 Å². The summed E-state index contributed by atoms with van der Waals surface area (Å²) < 4.78 is 19.7. The number of alkyl halides is 1. The zero-order valence-corrected chi connectivity index (χ0v) is 19.5. The van der Waals surface area contributed by atoms with Crippen LogP contribution in [0.3, 0.4) is 0 Å². The number of halogens is 1. The van der Waals surface area contributed by atoms with Crippen molar-refractivity contribution in [1.82, 2.24) is 15.3 Å². The first-order valence-corrected chi connectivity index (χ1v) is 11.1. The van der Waals surface area contributed by atoms with Crippen LogP contribution in [0.25, 0.3) is 6.08 Å². The zero-order chi connectivity index (χ0) is 24.7. The van der Waals surface area contributed by atoms with E-state index in [2.05, 4.69) is 44.2 Å². The van der Waals surface area contributed by atoms with E-state index < -0.39 is 17.7 Å². The van der Waals surface area contributed by atoms with Crippen LogP contribution in [0.2, 0.25) is 0 Å². The average Bonchev–Trinajstić information content (AvgIpc) is 2.82. The summed E-state index contributed by atoms with van der Waals surface area (Å²) in [5.74, 6) is 0.473. The van der Waals surface area contributed by atoms with Crippen molar-refractivity contribution < 1.29 is 19.0 Å². The van der Waals surface area contributed by atoms with Crippen LogP contribution in [0.5, 0.6) is 0 Å². The van der Waals surface area contributed by atoms with Crippen LogP contribution >= 0.6 is 0 Å². The van der Waals surface area contributed by atoms with Gasteiger partial charge in [-0.25, -0.2) is 14.4 Å². The Morgan fingerprint density at radius 2 is 2.24 bits per heavy atom. The van der Waals surface area contributed by atoms with Crippen molar-refractivity contribution in [2.75, 3.05) is 30.4 Å². The number of hydrogen-bond acceptors (Lipinski definition) is 8. The molecule has 3 heterocycles. The number of pyridine rings is 2. The first kappa shape index (κ1) is 25.3. The quantitative estimate of drug-likeness (QED) is 0.391. The van der Waals surface area contributed by atoms with E-state index in [0.717, 1.165) is 12.8 Å². The van der Waals surface area contributed by atoms with Gasteiger partial charge in [-0.3, -0.25) is 9.79 Å². The Morgan fingerprint density at radius 1 is 1.44 bits per heavy atom. The van der Waals surface area contributed by atoms with E-state index in [1.165, 1.54) is 20.0 Å². The molecule has 0 aliphatic carbocycles. The molecule has 2 atom stereocenters. The SMILES string of the molecule is C=Cc1nc(Nc2cc(NC3CCCOC3)c(C(=O)NCC(F)C(C)(C)O)cn2)ccc1N=C. The third kappa shape index (κ3) is 6.58. The van der Waals surface area contributed by atoms with Gasteiger partial charge >= 0.3 is 0 Å². The van der Waals surface area contributed by atoms with Crippen molar-refractivity contribution in [2.24, 2.45) is 4.99 Å². The molecule has 2 aromatic rings. The number of nitrogens with one attached hydrogen (secondary N) is 3. The molecule has 34 heavy (non-hydrogen) atoms. The summed E-state index contributed by atoms with van der Waals surface area (Å²) in [7, 11) is 0. The Labute approximate surface area is 198 Å². The van der Waals surface area contributed by atoms with Crippen LogP contribution in [0.15, 0.2) is 36.0 Å². The zero-order valence-electron chi connectivity index (χ0n) is 19.5. The van der Waals surface area contributed by atoms with Gasteiger partial charge in [0.2, 0.25) is 0 Å². The average molecular weight is 471 g/mol. The number of hydrogen-bond donors (Lipinski definition) is 4. The topological polar surface area (TPSA) is 121 Å². The van der Waals surface area contributed by atoms with E-state index in [1.54, 1.807) is 24.3 Å². The number of ether oxygens (including phenoxy) is 1. The molecule has 1 aliphatic rings. The van der Waals surface area contributed by atoms with E-state index in [-0.39, 0.29) is 18.2 Å². The molecular formula is C24H31FN6O3. The van der Waals surface area contributed by atoms with E-state index in [1.807, 2.05) is 0 Å². The lowest BCUT2D eigenvalue weighted by Crippen LogP contribution is -2.42. The third-order valence-electron chi connectivity index (χ3n) is 5.40. The number of rotatable bonds is 10. The van der Waals surface area contributed by atoms with E-state index >= 15 is 0 Å². The van der Waals surface area contributed by atoms with Gasteiger partial charge in [-0.15, -0.1) is 0 Å². The summed E-state index contributed by atoms with van der Waals surface area (Å²) in [6, 6.07) is 5.21. The molecule has 1 saturated heterocycles. The minimum atomic E-state index is -1.62. The van der Waals surface area contributed by atoms with E-state index in [0.29, 0.717) is 41.9 Å². The van der Waals surface area contributed by atoms with Gasteiger partial charge in [0.15, 0.2) is 0 Å². The smallest absolute Gasteiger partial charge is 0.255 e. The van der Waals surface area contributed by atoms with Crippen LogP contribution < -0.4 is 16.0 Å². The Balaban J connectivity index is 1.83. The van der Waals surface area contributed by atoms with Crippen molar-refractivity contribution in [3.05, 3.63) is 42.2 Å². The minimum absolute atomic E-state index is 0.0179. The highest BCUT2D eigenvalue weighted by atomic mass is 19.1. The number of anilines is 3. The molecule has 1 amide bonds. The predicted octanol–water partition coefficient (Wildman–Crippen LogP) is 3.63. The van der Waals surface area contributed by atoms with Crippen molar-refractivity contribution in [2.45, 2.75) is 44.5 Å². The number of aliphatic imine (C=N–C) groups is 1. The van der Waals surface area contributed by atoms with Gasteiger partial charge in [0.05, 0.1) is 41.4 Å². The Kier molecular flexibility index (Phi) is 8.30. The van der Waals surface area contributed by atoms with Crippen molar-refractivity contribution >= 4 is 41.7 Å². The highest BCUT2D eigenvalue weighted by Crippen LogP contribution is 2.26. The predicted molar refractivity (Wildman–Crippen MR) is 132 cm³/mol. The monoisotopic (exact) mass is 470 g/mol. The van der Waals surface area contributed by atoms with Crippen LogP contribution in [-0.4, -0.2) is 65.3 Å². The van der Waals surface area contributed by atoms with Crippen LogP contribution in [0.1, 0.15) is 42.7 Å². The molecular weight excluding hydrogens is 439 g/mol. The molecule has 10 heteroatoms. The first-order chi connectivity index (χ1) is 16.2. The highest BCUT2D eigenvalue weighted by Gasteiger charge is 2.27. The normalized spacial score (nSPS) is 16.9. The summed E-state index contributed by atoms with van der Waals surface area (Å²) in [4.78, 5) is 25.5. The fourth-order valence-corrected chi connectivity index (χ4v) is 3.38. The molecule has 2 unspecified atom stereocenters. The number of carbonyl (C=O) groups excluding carboxylic acids is 1. The lowest BCUT2D eigenvalue weighted by Gasteiger charge is -2.26. The van der Waals surface area contributed by atoms with Gasteiger partial charge in [0.25, 0.3) is 5.91 Å². The maximum atomic E-state index is 14.1. The Hall–Kier alpha value is -3.37. The largest absolute Gasteiger partial charge is 0.387 e. The molecule has 0 aromatic carbocycles. The van der Waals surface area contributed by atoms with Crippen LogP contribution in [0.4, 0.5) is 27.4 Å². The summed E-state index contributed by atoms with van der Waals surface area (Å²) in [6.07, 6.45) is 3.17. The van der Waals surface area contributed by atoms with Crippen LogP contribution in [-0.2, 0) is 4.74 Å². The second kappa shape index (κ2) is 11.2. The second-order valence-electron chi connectivity index (χ2n) is 8.59.